The molecule has 1 unspecified atom stereocenters. The molecule has 94 valence electrons. The standard InChI is InChI=1S/C14H22N2O/c1-12(16-9-2-7-15-8-10-16)11-13-3-5-14(17)6-4-13/h3-6,12,15,17H,2,7-11H2,1H3. The molecule has 0 bridgehead atoms. The van der Waals surface area contributed by atoms with Crippen LogP contribution in [0, 0.1) is 0 Å². The van der Waals surface area contributed by atoms with E-state index in [9.17, 15) is 5.11 Å². The highest BCUT2D eigenvalue weighted by Crippen LogP contribution is 2.14. The highest BCUT2D eigenvalue weighted by molar-refractivity contribution is 5.26. The summed E-state index contributed by atoms with van der Waals surface area (Å²) in [6, 6.07) is 8.14. The van der Waals surface area contributed by atoms with Crippen LogP contribution in [0.3, 0.4) is 0 Å². The number of nitrogens with zero attached hydrogens (tertiary/aromatic N) is 1. The molecule has 1 fully saturated rings. The molecule has 1 aromatic rings. The SMILES string of the molecule is CC(Cc1ccc(O)cc1)N1CCCNCC1. The molecule has 0 radical (unpaired) electrons. The van der Waals surface area contributed by atoms with Crippen molar-refractivity contribution in [1.82, 2.24) is 10.2 Å². The second kappa shape index (κ2) is 6.03. The van der Waals surface area contributed by atoms with E-state index in [2.05, 4.69) is 17.1 Å². The zero-order chi connectivity index (χ0) is 12.1. The van der Waals surface area contributed by atoms with Gasteiger partial charge in [-0.1, -0.05) is 12.1 Å². The van der Waals surface area contributed by atoms with Crippen molar-refractivity contribution < 1.29 is 5.11 Å². The summed E-state index contributed by atoms with van der Waals surface area (Å²) in [6.45, 7) is 6.85. The monoisotopic (exact) mass is 234 g/mol. The zero-order valence-electron chi connectivity index (χ0n) is 10.5. The van der Waals surface area contributed by atoms with Crippen molar-refractivity contribution in [2.45, 2.75) is 25.8 Å². The first-order valence-corrected chi connectivity index (χ1v) is 6.48. The Hall–Kier alpha value is -1.06. The van der Waals surface area contributed by atoms with Gasteiger partial charge in [-0.25, -0.2) is 0 Å². The first-order chi connectivity index (χ1) is 8.25. The van der Waals surface area contributed by atoms with E-state index >= 15 is 0 Å². The van der Waals surface area contributed by atoms with Gasteiger partial charge < -0.3 is 10.4 Å². The molecule has 0 amide bonds. The van der Waals surface area contributed by atoms with Crippen LogP contribution in [-0.4, -0.2) is 42.2 Å². The van der Waals surface area contributed by atoms with Crippen molar-refractivity contribution in [1.29, 1.82) is 0 Å². The first-order valence-electron chi connectivity index (χ1n) is 6.48. The van der Waals surface area contributed by atoms with Gasteiger partial charge in [0.05, 0.1) is 0 Å². The number of phenols is 1. The Labute approximate surface area is 103 Å². The molecule has 1 saturated heterocycles. The van der Waals surface area contributed by atoms with E-state index in [1.807, 2.05) is 12.1 Å². The quantitative estimate of drug-likeness (QED) is 0.834. The van der Waals surface area contributed by atoms with E-state index in [-0.39, 0.29) is 0 Å². The fourth-order valence-electron chi connectivity index (χ4n) is 2.41. The Morgan fingerprint density at radius 3 is 2.76 bits per heavy atom. The molecule has 1 atom stereocenters. The molecule has 17 heavy (non-hydrogen) atoms. The van der Waals surface area contributed by atoms with Gasteiger partial charge in [-0.05, 0) is 50.6 Å². The number of benzene rings is 1. The Kier molecular flexibility index (Phi) is 4.40. The predicted octanol–water partition coefficient (Wildman–Crippen LogP) is 1.62. The third-order valence-corrected chi connectivity index (χ3v) is 3.47. The van der Waals surface area contributed by atoms with Crippen molar-refractivity contribution in [2.75, 3.05) is 26.2 Å². The number of hydrogen-bond donors (Lipinski definition) is 2. The lowest BCUT2D eigenvalue weighted by molar-refractivity contribution is 0.221. The molecule has 1 heterocycles. The van der Waals surface area contributed by atoms with Crippen LogP contribution in [0.25, 0.3) is 0 Å². The lowest BCUT2D eigenvalue weighted by Gasteiger charge is -2.27. The van der Waals surface area contributed by atoms with Crippen molar-refractivity contribution in [3.8, 4) is 5.75 Å². The van der Waals surface area contributed by atoms with Gasteiger partial charge in [0.25, 0.3) is 0 Å². The summed E-state index contributed by atoms with van der Waals surface area (Å²) in [7, 11) is 0. The average Bonchev–Trinajstić information content (AvgIpc) is 2.61. The van der Waals surface area contributed by atoms with Crippen molar-refractivity contribution in [3.05, 3.63) is 29.8 Å². The molecule has 3 heteroatoms. The number of rotatable bonds is 3. The molecule has 1 aliphatic heterocycles. The summed E-state index contributed by atoms with van der Waals surface area (Å²) in [6.07, 6.45) is 2.29. The Morgan fingerprint density at radius 1 is 1.24 bits per heavy atom. The van der Waals surface area contributed by atoms with Crippen LogP contribution in [0.15, 0.2) is 24.3 Å². The van der Waals surface area contributed by atoms with E-state index in [4.69, 9.17) is 0 Å². The Balaban J connectivity index is 1.90. The summed E-state index contributed by atoms with van der Waals surface area (Å²) < 4.78 is 0. The highest BCUT2D eigenvalue weighted by Gasteiger charge is 2.15. The summed E-state index contributed by atoms with van der Waals surface area (Å²) >= 11 is 0. The van der Waals surface area contributed by atoms with Crippen LogP contribution in [0.5, 0.6) is 5.75 Å². The lowest BCUT2D eigenvalue weighted by atomic mass is 10.1. The fourth-order valence-corrected chi connectivity index (χ4v) is 2.41. The van der Waals surface area contributed by atoms with E-state index in [1.54, 1.807) is 12.1 Å². The van der Waals surface area contributed by atoms with Crippen LogP contribution >= 0.6 is 0 Å². The maximum atomic E-state index is 9.26. The largest absolute Gasteiger partial charge is 0.508 e. The molecule has 1 aliphatic rings. The molecular weight excluding hydrogens is 212 g/mol. The molecule has 0 saturated carbocycles. The molecule has 0 aromatic heterocycles. The molecule has 1 aromatic carbocycles. The highest BCUT2D eigenvalue weighted by atomic mass is 16.3. The molecule has 3 nitrogen and oxygen atoms in total. The van der Waals surface area contributed by atoms with Gasteiger partial charge in [0.15, 0.2) is 0 Å². The van der Waals surface area contributed by atoms with Crippen LogP contribution in [0.2, 0.25) is 0 Å². The maximum Gasteiger partial charge on any atom is 0.115 e. The summed E-state index contributed by atoms with van der Waals surface area (Å²) in [4.78, 5) is 2.55. The summed E-state index contributed by atoms with van der Waals surface area (Å²) in [5.41, 5.74) is 1.30. The average molecular weight is 234 g/mol. The van der Waals surface area contributed by atoms with Gasteiger partial charge in [0, 0.05) is 19.1 Å². The van der Waals surface area contributed by atoms with E-state index < -0.39 is 0 Å². The van der Waals surface area contributed by atoms with E-state index in [1.165, 1.54) is 18.5 Å². The number of hydrogen-bond acceptors (Lipinski definition) is 3. The summed E-state index contributed by atoms with van der Waals surface area (Å²) in [5, 5.41) is 12.7. The van der Waals surface area contributed by atoms with E-state index in [0.29, 0.717) is 11.8 Å². The number of nitrogens with one attached hydrogen (secondary N) is 1. The van der Waals surface area contributed by atoms with Crippen LogP contribution in [0.1, 0.15) is 18.9 Å². The van der Waals surface area contributed by atoms with Crippen molar-refractivity contribution in [2.24, 2.45) is 0 Å². The smallest absolute Gasteiger partial charge is 0.115 e. The van der Waals surface area contributed by atoms with E-state index in [0.717, 1.165) is 26.1 Å². The molecular formula is C14H22N2O. The molecule has 0 aliphatic carbocycles. The Morgan fingerprint density at radius 2 is 2.00 bits per heavy atom. The third-order valence-electron chi connectivity index (χ3n) is 3.47. The number of aromatic hydroxyl groups is 1. The van der Waals surface area contributed by atoms with Gasteiger partial charge in [-0.3, -0.25) is 4.90 Å². The zero-order valence-corrected chi connectivity index (χ0v) is 10.5. The van der Waals surface area contributed by atoms with Gasteiger partial charge >= 0.3 is 0 Å². The second-order valence-electron chi connectivity index (χ2n) is 4.86. The predicted molar refractivity (Wildman–Crippen MR) is 70.3 cm³/mol. The minimum atomic E-state index is 0.348. The topological polar surface area (TPSA) is 35.5 Å². The fraction of sp³-hybridized carbons (Fsp3) is 0.571. The first kappa shape index (κ1) is 12.4. The maximum absolute atomic E-state index is 9.26. The minimum absolute atomic E-state index is 0.348. The van der Waals surface area contributed by atoms with Crippen LogP contribution in [0.4, 0.5) is 0 Å². The van der Waals surface area contributed by atoms with Gasteiger partial charge in [0.1, 0.15) is 5.75 Å². The van der Waals surface area contributed by atoms with Crippen molar-refractivity contribution in [3.63, 3.8) is 0 Å². The normalized spacial score (nSPS) is 19.8. The molecule has 2 N–H and O–H groups in total. The summed E-state index contributed by atoms with van der Waals surface area (Å²) in [5.74, 6) is 0.348. The number of phenolic OH excluding ortho intramolecular Hbond substituents is 1. The lowest BCUT2D eigenvalue weighted by Crippen LogP contribution is -2.37. The van der Waals surface area contributed by atoms with Crippen LogP contribution < -0.4 is 5.32 Å². The third kappa shape index (κ3) is 3.72. The Bertz CT molecular complexity index is 329. The van der Waals surface area contributed by atoms with Crippen molar-refractivity contribution >= 4 is 0 Å². The minimum Gasteiger partial charge on any atom is -0.508 e. The molecule has 0 spiro atoms. The molecule has 2 rings (SSSR count). The van der Waals surface area contributed by atoms with Crippen LogP contribution in [-0.2, 0) is 6.42 Å². The second-order valence-corrected chi connectivity index (χ2v) is 4.86. The van der Waals surface area contributed by atoms with Gasteiger partial charge in [-0.15, -0.1) is 0 Å². The van der Waals surface area contributed by atoms with Gasteiger partial charge in [-0.2, -0.15) is 0 Å². The van der Waals surface area contributed by atoms with Gasteiger partial charge in [0.2, 0.25) is 0 Å².